The maximum atomic E-state index is 12.6. The Morgan fingerprint density at radius 2 is 1.84 bits per heavy atom. The molecule has 1 unspecified atom stereocenters. The number of carbonyl (C=O) groups is 1. The van der Waals surface area contributed by atoms with Gasteiger partial charge in [0.05, 0.1) is 12.1 Å². The molecular weight excluding hydrogens is 354 g/mol. The van der Waals surface area contributed by atoms with E-state index in [0.717, 1.165) is 17.7 Å². The van der Waals surface area contributed by atoms with Crippen LogP contribution in [-0.4, -0.2) is 21.4 Å². The van der Waals surface area contributed by atoms with Crippen molar-refractivity contribution in [2.24, 2.45) is 5.41 Å². The molecule has 0 amide bonds. The van der Waals surface area contributed by atoms with E-state index in [1.54, 1.807) is 6.07 Å². The molecule has 1 heterocycles. The first-order chi connectivity index (χ1) is 11.3. The summed E-state index contributed by atoms with van der Waals surface area (Å²) in [5, 5.41) is 0. The summed E-state index contributed by atoms with van der Waals surface area (Å²) in [7, 11) is 0. The predicted octanol–water partition coefficient (Wildman–Crippen LogP) is 5.23. The number of esters is 1. The van der Waals surface area contributed by atoms with Crippen LogP contribution in [0.2, 0.25) is 0 Å². The first kappa shape index (κ1) is 22.5. The van der Waals surface area contributed by atoms with Crippen LogP contribution in [0.4, 0.5) is 0 Å². The van der Waals surface area contributed by atoms with E-state index in [-0.39, 0.29) is 28.3 Å². The van der Waals surface area contributed by atoms with Crippen LogP contribution in [0.1, 0.15) is 88.8 Å². The summed E-state index contributed by atoms with van der Waals surface area (Å²) in [4.78, 5) is 13.7. The third kappa shape index (κ3) is 8.11. The van der Waals surface area contributed by atoms with Gasteiger partial charge in [0.2, 0.25) is 0 Å². The van der Waals surface area contributed by atoms with Crippen molar-refractivity contribution in [1.82, 2.24) is 4.72 Å². The fraction of sp³-hybridized carbons (Fsp3) is 0.737. The zero-order chi connectivity index (χ0) is 19.4. The minimum Gasteiger partial charge on any atom is -0.598 e. The van der Waals surface area contributed by atoms with E-state index in [0.29, 0.717) is 4.88 Å². The van der Waals surface area contributed by atoms with Gasteiger partial charge >= 0.3 is 5.97 Å². The first-order valence-electron chi connectivity index (χ1n) is 8.78. The molecule has 0 radical (unpaired) electrons. The lowest BCUT2D eigenvalue weighted by molar-refractivity contribution is 0.0384. The van der Waals surface area contributed by atoms with Gasteiger partial charge in [0.15, 0.2) is 0 Å². The SMILES string of the molecule is CC(C)OC(=O)c1ccc(C(CCC(C)(C)C)N[S@@+]([O-])C(C)(C)C)s1. The third-order valence-corrected chi connectivity index (χ3v) is 6.29. The molecule has 0 aliphatic heterocycles. The lowest BCUT2D eigenvalue weighted by Crippen LogP contribution is -2.41. The maximum Gasteiger partial charge on any atom is 0.348 e. The largest absolute Gasteiger partial charge is 0.598 e. The van der Waals surface area contributed by atoms with Gasteiger partial charge in [0.1, 0.15) is 9.62 Å². The highest BCUT2D eigenvalue weighted by atomic mass is 32.2. The number of nitrogens with one attached hydrogen (secondary N) is 1. The van der Waals surface area contributed by atoms with Crippen LogP contribution in [0, 0.1) is 5.41 Å². The Kier molecular flexibility index (Phi) is 7.99. The molecule has 1 rings (SSSR count). The first-order valence-corrected chi connectivity index (χ1v) is 10.7. The van der Waals surface area contributed by atoms with Crippen molar-refractivity contribution < 1.29 is 14.1 Å². The summed E-state index contributed by atoms with van der Waals surface area (Å²) in [5.41, 5.74) is 0.194. The summed E-state index contributed by atoms with van der Waals surface area (Å²) in [5.74, 6) is -0.294. The average Bonchev–Trinajstić information content (AvgIpc) is 2.89. The second-order valence-corrected chi connectivity index (χ2v) is 11.9. The number of ether oxygens (including phenoxy) is 1. The van der Waals surface area contributed by atoms with E-state index in [1.807, 2.05) is 40.7 Å². The summed E-state index contributed by atoms with van der Waals surface area (Å²) >= 11 is 0.257. The van der Waals surface area contributed by atoms with E-state index in [2.05, 4.69) is 25.5 Å². The molecule has 2 atom stereocenters. The molecule has 0 spiro atoms. The van der Waals surface area contributed by atoms with Gasteiger partial charge in [-0.1, -0.05) is 20.8 Å². The van der Waals surface area contributed by atoms with Crippen molar-refractivity contribution in [3.63, 3.8) is 0 Å². The van der Waals surface area contributed by atoms with Crippen LogP contribution in [0.15, 0.2) is 12.1 Å². The van der Waals surface area contributed by atoms with Gasteiger partial charge in [-0.25, -0.2) is 4.79 Å². The standard InChI is InChI=1S/C19H33NO3S2/c1-13(2)23-17(21)16-10-9-15(24-16)14(11-12-18(3,4)5)20-25(22)19(6,7)8/h9-10,13-14,20H,11-12H2,1-8H3/t14?,25-/m0/s1. The second-order valence-electron chi connectivity index (χ2n) is 8.81. The fourth-order valence-electron chi connectivity index (χ4n) is 2.06. The highest BCUT2D eigenvalue weighted by molar-refractivity contribution is 7.90. The number of hydrogen-bond acceptors (Lipinski definition) is 5. The zero-order valence-electron chi connectivity index (χ0n) is 16.8. The molecule has 0 aliphatic carbocycles. The molecule has 0 saturated carbocycles. The highest BCUT2D eigenvalue weighted by Crippen LogP contribution is 2.33. The van der Waals surface area contributed by atoms with E-state index >= 15 is 0 Å². The quantitative estimate of drug-likeness (QED) is 0.514. The minimum atomic E-state index is -1.17. The Morgan fingerprint density at radius 3 is 2.32 bits per heavy atom. The molecule has 25 heavy (non-hydrogen) atoms. The van der Waals surface area contributed by atoms with Gasteiger partial charge < -0.3 is 9.29 Å². The Bertz CT molecular complexity index is 556. The van der Waals surface area contributed by atoms with Gasteiger partial charge in [-0.3, -0.25) is 0 Å². The molecule has 1 N–H and O–H groups in total. The molecule has 144 valence electrons. The van der Waals surface area contributed by atoms with Crippen molar-refractivity contribution in [3.8, 4) is 0 Å². The topological polar surface area (TPSA) is 61.4 Å². The monoisotopic (exact) mass is 387 g/mol. The molecule has 1 aromatic rings. The Balaban J connectivity index is 2.95. The van der Waals surface area contributed by atoms with E-state index in [4.69, 9.17) is 4.74 Å². The summed E-state index contributed by atoms with van der Waals surface area (Å²) in [6.07, 6.45) is 1.72. The molecule has 4 nitrogen and oxygen atoms in total. The van der Waals surface area contributed by atoms with Crippen LogP contribution in [-0.2, 0) is 16.1 Å². The fourth-order valence-corrected chi connectivity index (χ4v) is 3.97. The van der Waals surface area contributed by atoms with Crippen molar-refractivity contribution in [1.29, 1.82) is 0 Å². The van der Waals surface area contributed by atoms with Crippen LogP contribution in [0.5, 0.6) is 0 Å². The summed E-state index contributed by atoms with van der Waals surface area (Å²) < 4.78 is 20.8. The lowest BCUT2D eigenvalue weighted by Gasteiger charge is -2.29. The predicted molar refractivity (Wildman–Crippen MR) is 107 cm³/mol. The molecule has 0 fully saturated rings. The zero-order valence-corrected chi connectivity index (χ0v) is 18.4. The Labute approximate surface area is 160 Å². The smallest absolute Gasteiger partial charge is 0.348 e. The Morgan fingerprint density at radius 1 is 1.24 bits per heavy atom. The van der Waals surface area contributed by atoms with E-state index in [9.17, 15) is 9.35 Å². The summed E-state index contributed by atoms with van der Waals surface area (Å²) in [6.45, 7) is 16.1. The maximum absolute atomic E-state index is 12.6. The van der Waals surface area contributed by atoms with Crippen LogP contribution < -0.4 is 4.72 Å². The van der Waals surface area contributed by atoms with Crippen molar-refractivity contribution in [2.75, 3.05) is 0 Å². The van der Waals surface area contributed by atoms with Gasteiger partial charge in [-0.2, -0.15) is 0 Å². The normalized spacial score (nSPS) is 15.3. The van der Waals surface area contributed by atoms with Crippen molar-refractivity contribution in [3.05, 3.63) is 21.9 Å². The molecular formula is C19H33NO3S2. The van der Waals surface area contributed by atoms with Crippen LogP contribution in [0.3, 0.4) is 0 Å². The summed E-state index contributed by atoms with van der Waals surface area (Å²) in [6, 6.07) is 3.71. The number of carbonyl (C=O) groups excluding carboxylic acids is 1. The van der Waals surface area contributed by atoms with Crippen molar-refractivity contribution in [2.45, 2.75) is 85.1 Å². The van der Waals surface area contributed by atoms with E-state index in [1.165, 1.54) is 11.3 Å². The van der Waals surface area contributed by atoms with Gasteiger partial charge in [0, 0.05) is 16.2 Å². The second kappa shape index (κ2) is 8.89. The molecule has 6 heteroatoms. The van der Waals surface area contributed by atoms with E-state index < -0.39 is 11.4 Å². The molecule has 0 bridgehead atoms. The Hall–Kier alpha value is -0.560. The number of hydrogen-bond donors (Lipinski definition) is 1. The van der Waals surface area contributed by atoms with Crippen LogP contribution >= 0.6 is 11.3 Å². The van der Waals surface area contributed by atoms with Crippen LogP contribution in [0.25, 0.3) is 0 Å². The van der Waals surface area contributed by atoms with Gasteiger partial charge in [-0.05, 0) is 65.0 Å². The minimum absolute atomic E-state index is 0.0371. The number of rotatable bonds is 7. The molecule has 0 aliphatic rings. The molecule has 0 saturated heterocycles. The molecule has 0 aromatic carbocycles. The highest BCUT2D eigenvalue weighted by Gasteiger charge is 2.31. The lowest BCUT2D eigenvalue weighted by atomic mass is 9.88. The molecule has 1 aromatic heterocycles. The average molecular weight is 388 g/mol. The number of thiophene rings is 1. The third-order valence-electron chi connectivity index (χ3n) is 3.50. The van der Waals surface area contributed by atoms with Gasteiger partial charge in [0.25, 0.3) is 0 Å². The van der Waals surface area contributed by atoms with Gasteiger partial charge in [-0.15, -0.1) is 16.1 Å². The van der Waals surface area contributed by atoms with Crippen molar-refractivity contribution >= 4 is 28.7 Å².